The predicted octanol–water partition coefficient (Wildman–Crippen LogP) is 4.65. The van der Waals surface area contributed by atoms with Crippen LogP contribution in [-0.2, 0) is 6.42 Å². The van der Waals surface area contributed by atoms with Gasteiger partial charge in [0.05, 0.1) is 5.03 Å². The summed E-state index contributed by atoms with van der Waals surface area (Å²) in [5.41, 5.74) is 4.51. The first-order valence-electron chi connectivity index (χ1n) is 8.55. The lowest BCUT2D eigenvalue weighted by Crippen LogP contribution is -2.47. The van der Waals surface area contributed by atoms with E-state index in [1.165, 1.54) is 35.3 Å². The van der Waals surface area contributed by atoms with E-state index >= 15 is 0 Å². The maximum absolute atomic E-state index is 3.71. The molecule has 2 heterocycles. The van der Waals surface area contributed by atoms with Crippen molar-refractivity contribution in [2.45, 2.75) is 55.8 Å². The summed E-state index contributed by atoms with van der Waals surface area (Å²) in [6.07, 6.45) is 2.55. The van der Waals surface area contributed by atoms with E-state index in [1.807, 2.05) is 11.8 Å². The number of rotatable bonds is 2. The molecule has 1 aliphatic heterocycles. The molecule has 0 amide bonds. The number of thioether (sulfide) groups is 1. The van der Waals surface area contributed by atoms with Crippen molar-refractivity contribution in [2.24, 2.45) is 5.92 Å². The number of hydrogen-bond donors (Lipinski definition) is 1. The van der Waals surface area contributed by atoms with Crippen LogP contribution < -0.4 is 0 Å². The maximum Gasteiger partial charge on any atom is 0.0768 e. The van der Waals surface area contributed by atoms with Gasteiger partial charge in [-0.2, -0.15) is 0 Å². The Balaban J connectivity index is 1.88. The molecule has 0 bridgehead atoms. The van der Waals surface area contributed by atoms with E-state index in [2.05, 4.69) is 55.9 Å². The number of fused-ring (bicyclic) bond motifs is 2. The highest BCUT2D eigenvalue weighted by molar-refractivity contribution is 7.99. The number of benzene rings is 1. The number of hydrogen-bond acceptors (Lipinski definition) is 2. The van der Waals surface area contributed by atoms with Gasteiger partial charge in [0.25, 0.3) is 0 Å². The monoisotopic (exact) mass is 314 g/mol. The first-order valence-corrected chi connectivity index (χ1v) is 9.43. The molecular weight excluding hydrogens is 288 g/mol. The van der Waals surface area contributed by atoms with Crippen molar-refractivity contribution in [2.75, 3.05) is 13.6 Å². The molecule has 0 spiro atoms. The van der Waals surface area contributed by atoms with Gasteiger partial charge in [0.2, 0.25) is 0 Å². The van der Waals surface area contributed by atoms with Crippen molar-refractivity contribution in [3.63, 3.8) is 0 Å². The fourth-order valence-electron chi connectivity index (χ4n) is 4.60. The highest BCUT2D eigenvalue weighted by atomic mass is 32.2. The molecule has 1 N–H and O–H groups in total. The van der Waals surface area contributed by atoms with Crippen LogP contribution in [0, 0.1) is 5.92 Å². The van der Waals surface area contributed by atoms with Gasteiger partial charge in [0.15, 0.2) is 0 Å². The molecule has 2 aliphatic rings. The highest BCUT2D eigenvalue weighted by Crippen LogP contribution is 2.47. The molecule has 1 aliphatic carbocycles. The Kier molecular flexibility index (Phi) is 3.54. The van der Waals surface area contributed by atoms with Gasteiger partial charge >= 0.3 is 0 Å². The molecule has 22 heavy (non-hydrogen) atoms. The molecule has 1 aromatic heterocycles. The average Bonchev–Trinajstić information content (AvgIpc) is 2.79. The van der Waals surface area contributed by atoms with E-state index in [1.54, 1.807) is 11.1 Å². The lowest BCUT2D eigenvalue weighted by Gasteiger charge is -2.45. The van der Waals surface area contributed by atoms with Crippen LogP contribution in [0.1, 0.15) is 44.2 Å². The summed E-state index contributed by atoms with van der Waals surface area (Å²) in [6, 6.07) is 7.55. The van der Waals surface area contributed by atoms with Crippen LogP contribution in [0.2, 0.25) is 0 Å². The number of H-pyrrole nitrogens is 1. The third-order valence-electron chi connectivity index (χ3n) is 5.37. The topological polar surface area (TPSA) is 19.0 Å². The van der Waals surface area contributed by atoms with Gasteiger partial charge in [-0.05, 0) is 43.0 Å². The number of likely N-dealkylation sites (N-methyl/N-ethyl adjacent to an activating group) is 1. The number of piperidine rings is 1. The normalized spacial score (nSPS) is 28.3. The second-order valence-electron chi connectivity index (χ2n) is 7.53. The van der Waals surface area contributed by atoms with E-state index in [0.717, 1.165) is 5.92 Å². The standard InChI is InChI=1S/C19H26N2S/c1-11(2)22-19-15-9-17-14(8-12(3)10-21(17)4)13-6-5-7-16(20-19)18(13)15/h5-7,11-12,14,17,20H,8-10H2,1-4H3/t12?,14?,17-/m1/s1. The predicted molar refractivity (Wildman–Crippen MR) is 95.9 cm³/mol. The SMILES string of the molecule is CC1CC2c3cccc4[nH]c(SC(C)C)c(c34)C[C@H]2N(C)C1. The minimum atomic E-state index is 0.620. The maximum atomic E-state index is 3.71. The molecule has 118 valence electrons. The van der Waals surface area contributed by atoms with Crippen molar-refractivity contribution in [3.05, 3.63) is 29.3 Å². The molecule has 2 nitrogen and oxygen atoms in total. The van der Waals surface area contributed by atoms with Crippen LogP contribution >= 0.6 is 11.8 Å². The number of nitrogens with zero attached hydrogens (tertiary/aromatic N) is 1. The third-order valence-corrected chi connectivity index (χ3v) is 6.43. The van der Waals surface area contributed by atoms with Gasteiger partial charge in [-0.15, -0.1) is 11.8 Å². The molecular formula is C19H26N2S. The first-order chi connectivity index (χ1) is 10.5. The largest absolute Gasteiger partial charge is 0.349 e. The van der Waals surface area contributed by atoms with E-state index in [9.17, 15) is 0 Å². The van der Waals surface area contributed by atoms with Crippen molar-refractivity contribution >= 4 is 22.7 Å². The number of aromatic amines is 1. The van der Waals surface area contributed by atoms with Crippen molar-refractivity contribution in [1.82, 2.24) is 9.88 Å². The molecule has 3 atom stereocenters. The third kappa shape index (κ3) is 2.21. The van der Waals surface area contributed by atoms with Crippen molar-refractivity contribution in [1.29, 1.82) is 0 Å². The van der Waals surface area contributed by atoms with Gasteiger partial charge < -0.3 is 9.88 Å². The molecule has 2 aromatic rings. The van der Waals surface area contributed by atoms with E-state index in [0.29, 0.717) is 17.2 Å². The summed E-state index contributed by atoms with van der Waals surface area (Å²) in [5.74, 6) is 1.50. The Morgan fingerprint density at radius 3 is 2.91 bits per heavy atom. The van der Waals surface area contributed by atoms with Crippen molar-refractivity contribution in [3.8, 4) is 0 Å². The molecule has 2 unspecified atom stereocenters. The van der Waals surface area contributed by atoms with Crippen LogP contribution in [0.15, 0.2) is 23.2 Å². The first kappa shape index (κ1) is 14.6. The second kappa shape index (κ2) is 5.31. The Morgan fingerprint density at radius 2 is 2.14 bits per heavy atom. The van der Waals surface area contributed by atoms with Crippen LogP contribution in [0.3, 0.4) is 0 Å². The number of likely N-dealkylation sites (tertiary alicyclic amines) is 1. The molecule has 0 radical (unpaired) electrons. The Morgan fingerprint density at radius 1 is 1.32 bits per heavy atom. The average molecular weight is 314 g/mol. The van der Waals surface area contributed by atoms with Gasteiger partial charge in [0.1, 0.15) is 0 Å². The summed E-state index contributed by atoms with van der Waals surface area (Å²) in [5, 5.41) is 3.56. The fraction of sp³-hybridized carbons (Fsp3) is 0.579. The van der Waals surface area contributed by atoms with Gasteiger partial charge in [-0.1, -0.05) is 32.9 Å². The Labute approximate surface area is 137 Å². The van der Waals surface area contributed by atoms with Crippen LogP contribution in [0.5, 0.6) is 0 Å². The molecule has 4 rings (SSSR count). The lowest BCUT2D eigenvalue weighted by atomic mass is 9.73. The molecule has 1 saturated heterocycles. The summed E-state index contributed by atoms with van der Waals surface area (Å²) in [7, 11) is 2.32. The molecule has 0 saturated carbocycles. The number of aromatic nitrogens is 1. The Bertz CT molecular complexity index is 703. The summed E-state index contributed by atoms with van der Waals surface area (Å²) in [4.78, 5) is 6.32. The minimum absolute atomic E-state index is 0.620. The quantitative estimate of drug-likeness (QED) is 0.814. The fourth-order valence-corrected chi connectivity index (χ4v) is 5.57. The van der Waals surface area contributed by atoms with Gasteiger partial charge in [-0.3, -0.25) is 0 Å². The number of nitrogens with one attached hydrogen (secondary N) is 1. The van der Waals surface area contributed by atoms with Crippen LogP contribution in [0.25, 0.3) is 10.9 Å². The zero-order chi connectivity index (χ0) is 15.4. The minimum Gasteiger partial charge on any atom is -0.349 e. The van der Waals surface area contributed by atoms with Gasteiger partial charge in [-0.25, -0.2) is 0 Å². The summed E-state index contributed by atoms with van der Waals surface area (Å²) >= 11 is 1.99. The zero-order valence-electron chi connectivity index (χ0n) is 14.0. The second-order valence-corrected chi connectivity index (χ2v) is 9.11. The van der Waals surface area contributed by atoms with Gasteiger partial charge in [0, 0.05) is 34.7 Å². The van der Waals surface area contributed by atoms with Crippen LogP contribution in [-0.4, -0.2) is 34.8 Å². The van der Waals surface area contributed by atoms with Crippen molar-refractivity contribution < 1.29 is 0 Å². The van der Waals surface area contributed by atoms with Crippen LogP contribution in [0.4, 0.5) is 0 Å². The highest BCUT2D eigenvalue weighted by Gasteiger charge is 2.39. The molecule has 3 heteroatoms. The lowest BCUT2D eigenvalue weighted by molar-refractivity contribution is 0.119. The van der Waals surface area contributed by atoms with E-state index in [4.69, 9.17) is 0 Å². The summed E-state index contributed by atoms with van der Waals surface area (Å²) in [6.45, 7) is 8.21. The smallest absolute Gasteiger partial charge is 0.0768 e. The Hall–Kier alpha value is -0.930. The molecule has 1 aromatic carbocycles. The molecule has 1 fully saturated rings. The summed E-state index contributed by atoms with van der Waals surface area (Å²) < 4.78 is 0. The van der Waals surface area contributed by atoms with E-state index < -0.39 is 0 Å². The zero-order valence-corrected chi connectivity index (χ0v) is 14.8. The van der Waals surface area contributed by atoms with E-state index in [-0.39, 0.29) is 0 Å².